The second kappa shape index (κ2) is 9.19. The molecule has 34 heavy (non-hydrogen) atoms. The lowest BCUT2D eigenvalue weighted by Crippen LogP contribution is -2.41. The quantitative estimate of drug-likeness (QED) is 0.628. The van der Waals surface area contributed by atoms with Crippen LogP contribution in [0.3, 0.4) is 0 Å². The van der Waals surface area contributed by atoms with Gasteiger partial charge >= 0.3 is 0 Å². The molecular weight excluding hydrogens is 458 g/mol. The summed E-state index contributed by atoms with van der Waals surface area (Å²) in [5.74, 6) is -0.583. The van der Waals surface area contributed by atoms with E-state index >= 15 is 0 Å². The van der Waals surface area contributed by atoms with Gasteiger partial charge < -0.3 is 15.4 Å². The zero-order valence-electron chi connectivity index (χ0n) is 19.3. The number of hydrogen-bond acceptors (Lipinski definition) is 6. The average Bonchev–Trinajstić information content (AvgIpc) is 2.80. The Kier molecular flexibility index (Phi) is 6.46. The first-order valence-corrected chi connectivity index (χ1v) is 12.5. The lowest BCUT2D eigenvalue weighted by atomic mass is 9.97. The van der Waals surface area contributed by atoms with E-state index in [1.54, 1.807) is 44.2 Å². The third-order valence-electron chi connectivity index (χ3n) is 6.19. The van der Waals surface area contributed by atoms with Crippen molar-refractivity contribution < 1.29 is 27.5 Å². The van der Waals surface area contributed by atoms with Crippen LogP contribution in [-0.2, 0) is 19.6 Å². The number of benzene rings is 2. The fourth-order valence-corrected chi connectivity index (χ4v) is 5.87. The standard InChI is InChI=1S/C24H27N3O6S/c1-14-11-20-21(33-16(3)23(29)26-20)13-22(14)34(31,32)27-9-7-17(8-10-27)24(30)25-19-6-4-5-18(12-19)15(2)28/h4-6,11-13,16-17H,7-10H2,1-3H3,(H,25,30)(H,26,29). The Morgan fingerprint density at radius 3 is 2.53 bits per heavy atom. The summed E-state index contributed by atoms with van der Waals surface area (Å²) in [5, 5.41) is 5.55. The van der Waals surface area contributed by atoms with E-state index in [0.29, 0.717) is 41.1 Å². The van der Waals surface area contributed by atoms with Crippen LogP contribution in [0.15, 0.2) is 41.3 Å². The fourth-order valence-electron chi connectivity index (χ4n) is 4.18. The SMILES string of the molecule is CC(=O)c1cccc(NC(=O)C2CCN(S(=O)(=O)c3cc4c(cc3C)NC(=O)C(C)O4)CC2)c1. The van der Waals surface area contributed by atoms with Crippen LogP contribution in [0.2, 0.25) is 0 Å². The summed E-state index contributed by atoms with van der Waals surface area (Å²) in [5.41, 5.74) is 2.00. The number of anilines is 2. The van der Waals surface area contributed by atoms with Crippen molar-refractivity contribution in [2.24, 2.45) is 5.92 Å². The summed E-state index contributed by atoms with van der Waals surface area (Å²) in [7, 11) is -3.81. The minimum Gasteiger partial charge on any atom is -0.479 e. The Morgan fingerprint density at radius 2 is 1.85 bits per heavy atom. The number of Topliss-reactive ketones (excluding diaryl/α,β-unsaturated/α-hetero) is 1. The monoisotopic (exact) mass is 485 g/mol. The molecule has 2 aliphatic rings. The van der Waals surface area contributed by atoms with E-state index in [9.17, 15) is 22.8 Å². The van der Waals surface area contributed by atoms with Crippen LogP contribution >= 0.6 is 0 Å². The number of aryl methyl sites for hydroxylation is 1. The number of carbonyl (C=O) groups is 3. The van der Waals surface area contributed by atoms with Gasteiger partial charge in [0.2, 0.25) is 15.9 Å². The van der Waals surface area contributed by atoms with Crippen molar-refractivity contribution in [3.63, 3.8) is 0 Å². The Morgan fingerprint density at radius 1 is 1.15 bits per heavy atom. The van der Waals surface area contributed by atoms with E-state index in [1.807, 2.05) is 0 Å². The number of sulfonamides is 1. The van der Waals surface area contributed by atoms with Crippen LogP contribution in [0, 0.1) is 12.8 Å². The van der Waals surface area contributed by atoms with Gasteiger partial charge in [-0.25, -0.2) is 8.42 Å². The molecule has 2 amide bonds. The maximum atomic E-state index is 13.4. The average molecular weight is 486 g/mol. The second-order valence-corrected chi connectivity index (χ2v) is 10.6. The van der Waals surface area contributed by atoms with Crippen LogP contribution in [0.4, 0.5) is 11.4 Å². The number of nitrogens with one attached hydrogen (secondary N) is 2. The van der Waals surface area contributed by atoms with E-state index < -0.39 is 16.1 Å². The number of ketones is 1. The van der Waals surface area contributed by atoms with E-state index in [2.05, 4.69) is 10.6 Å². The topological polar surface area (TPSA) is 122 Å². The van der Waals surface area contributed by atoms with Gasteiger partial charge in [-0.15, -0.1) is 0 Å². The van der Waals surface area contributed by atoms with Crippen LogP contribution in [0.5, 0.6) is 5.75 Å². The van der Waals surface area contributed by atoms with Gasteiger partial charge in [-0.3, -0.25) is 14.4 Å². The molecule has 2 aromatic rings. The van der Waals surface area contributed by atoms with Crippen LogP contribution in [-0.4, -0.2) is 49.5 Å². The molecule has 10 heteroatoms. The van der Waals surface area contributed by atoms with Crippen LogP contribution in [0.25, 0.3) is 0 Å². The van der Waals surface area contributed by atoms with Gasteiger partial charge in [0.15, 0.2) is 11.9 Å². The summed E-state index contributed by atoms with van der Waals surface area (Å²) in [6.07, 6.45) is 0.0481. The summed E-state index contributed by atoms with van der Waals surface area (Å²) < 4.78 is 33.7. The van der Waals surface area contributed by atoms with Gasteiger partial charge in [-0.05, 0) is 57.4 Å². The van der Waals surface area contributed by atoms with Crippen molar-refractivity contribution in [2.75, 3.05) is 23.7 Å². The van der Waals surface area contributed by atoms with Crippen molar-refractivity contribution in [2.45, 2.75) is 44.6 Å². The molecule has 0 bridgehead atoms. The maximum Gasteiger partial charge on any atom is 0.265 e. The third kappa shape index (κ3) is 4.69. The van der Waals surface area contributed by atoms with Gasteiger partial charge in [0, 0.05) is 36.3 Å². The Hall–Kier alpha value is -3.24. The lowest BCUT2D eigenvalue weighted by Gasteiger charge is -2.31. The molecule has 0 radical (unpaired) electrons. The predicted octanol–water partition coefficient (Wildman–Crippen LogP) is 2.96. The number of amides is 2. The van der Waals surface area contributed by atoms with Crippen LogP contribution < -0.4 is 15.4 Å². The zero-order chi connectivity index (χ0) is 24.6. The molecule has 2 aromatic carbocycles. The summed E-state index contributed by atoms with van der Waals surface area (Å²) in [4.78, 5) is 36.3. The molecule has 0 spiro atoms. The zero-order valence-corrected chi connectivity index (χ0v) is 20.1. The molecule has 0 saturated carbocycles. The Bertz CT molecular complexity index is 1270. The lowest BCUT2D eigenvalue weighted by molar-refractivity contribution is -0.123. The first kappa shape index (κ1) is 23.9. The predicted molar refractivity (Wildman–Crippen MR) is 126 cm³/mol. The fraction of sp³-hybridized carbons (Fsp3) is 0.375. The third-order valence-corrected chi connectivity index (χ3v) is 8.23. The molecule has 1 atom stereocenters. The molecule has 0 aliphatic carbocycles. The number of carbonyl (C=O) groups excluding carboxylic acids is 3. The minimum atomic E-state index is -3.81. The normalized spacial score (nSPS) is 19.0. The molecule has 2 heterocycles. The Labute approximate surface area is 198 Å². The summed E-state index contributed by atoms with van der Waals surface area (Å²) in [6.45, 7) is 5.14. The first-order valence-electron chi connectivity index (χ1n) is 11.1. The van der Waals surface area contributed by atoms with Crippen molar-refractivity contribution in [3.05, 3.63) is 47.5 Å². The highest BCUT2D eigenvalue weighted by Gasteiger charge is 2.34. The van der Waals surface area contributed by atoms with E-state index in [4.69, 9.17) is 4.74 Å². The number of fused-ring (bicyclic) bond motifs is 1. The molecule has 180 valence electrons. The Balaban J connectivity index is 1.44. The molecule has 1 fully saturated rings. The van der Waals surface area contributed by atoms with Crippen molar-refractivity contribution in [3.8, 4) is 5.75 Å². The molecule has 1 unspecified atom stereocenters. The summed E-state index contributed by atoms with van der Waals surface area (Å²) >= 11 is 0. The van der Waals surface area contributed by atoms with Gasteiger partial charge in [0.1, 0.15) is 5.75 Å². The van der Waals surface area contributed by atoms with E-state index in [0.717, 1.165) is 0 Å². The van der Waals surface area contributed by atoms with Gasteiger partial charge in [0.25, 0.3) is 5.91 Å². The number of hydrogen-bond donors (Lipinski definition) is 2. The van der Waals surface area contributed by atoms with Crippen LogP contribution in [0.1, 0.15) is 42.6 Å². The molecule has 1 saturated heterocycles. The smallest absolute Gasteiger partial charge is 0.265 e. The number of rotatable bonds is 5. The number of ether oxygens (including phenoxy) is 1. The molecule has 2 N–H and O–H groups in total. The van der Waals surface area contributed by atoms with Gasteiger partial charge in [-0.1, -0.05) is 12.1 Å². The number of piperidine rings is 1. The van der Waals surface area contributed by atoms with Crippen molar-refractivity contribution >= 4 is 39.0 Å². The van der Waals surface area contributed by atoms with E-state index in [-0.39, 0.29) is 41.5 Å². The highest BCUT2D eigenvalue weighted by Crippen LogP contribution is 2.36. The van der Waals surface area contributed by atoms with E-state index in [1.165, 1.54) is 17.3 Å². The molecule has 2 aliphatic heterocycles. The van der Waals surface area contributed by atoms with Crippen molar-refractivity contribution in [1.82, 2.24) is 4.31 Å². The van der Waals surface area contributed by atoms with Crippen molar-refractivity contribution in [1.29, 1.82) is 0 Å². The second-order valence-electron chi connectivity index (χ2n) is 8.67. The van der Waals surface area contributed by atoms with Gasteiger partial charge in [-0.2, -0.15) is 4.31 Å². The molecular formula is C24H27N3O6S. The largest absolute Gasteiger partial charge is 0.479 e. The first-order chi connectivity index (χ1) is 16.1. The molecule has 4 rings (SSSR count). The summed E-state index contributed by atoms with van der Waals surface area (Å²) in [6, 6.07) is 9.79. The van der Waals surface area contributed by atoms with Gasteiger partial charge in [0.05, 0.1) is 10.6 Å². The molecule has 0 aromatic heterocycles. The molecule has 9 nitrogen and oxygen atoms in total. The highest BCUT2D eigenvalue weighted by atomic mass is 32.2. The minimum absolute atomic E-state index is 0.0886. The highest BCUT2D eigenvalue weighted by molar-refractivity contribution is 7.89. The maximum absolute atomic E-state index is 13.4. The number of nitrogens with zero attached hydrogens (tertiary/aromatic N) is 1.